The molecule has 0 aliphatic carbocycles. The fourth-order valence-electron chi connectivity index (χ4n) is 3.65. The van der Waals surface area contributed by atoms with Gasteiger partial charge in [0.15, 0.2) is 0 Å². The predicted molar refractivity (Wildman–Crippen MR) is 121 cm³/mol. The SMILES string of the molecule is CCCCOc1ccc(CCC[C@@H](C(=O)O)N2CCNCCNCCNCC2)cc1. The van der Waals surface area contributed by atoms with E-state index >= 15 is 0 Å². The number of hydrogen-bond donors (Lipinski definition) is 4. The Kier molecular flexibility index (Phi) is 12.4. The smallest absolute Gasteiger partial charge is 0.320 e. The van der Waals surface area contributed by atoms with Crippen LogP contribution in [0.2, 0.25) is 0 Å². The van der Waals surface area contributed by atoms with Crippen LogP contribution in [0, 0.1) is 0 Å². The van der Waals surface area contributed by atoms with Crippen LogP contribution in [-0.2, 0) is 11.2 Å². The van der Waals surface area contributed by atoms with Crippen LogP contribution < -0.4 is 20.7 Å². The summed E-state index contributed by atoms with van der Waals surface area (Å²) in [6.07, 6.45) is 4.59. The summed E-state index contributed by atoms with van der Waals surface area (Å²) in [4.78, 5) is 14.1. The number of carboxylic acids is 1. The molecular weight excluding hydrogens is 380 g/mol. The van der Waals surface area contributed by atoms with E-state index in [2.05, 4.69) is 39.9 Å². The fourth-order valence-corrected chi connectivity index (χ4v) is 3.65. The Hall–Kier alpha value is -1.67. The summed E-state index contributed by atoms with van der Waals surface area (Å²) in [7, 11) is 0. The number of carboxylic acid groups (broad SMARTS) is 1. The van der Waals surface area contributed by atoms with Gasteiger partial charge in [-0.25, -0.2) is 0 Å². The summed E-state index contributed by atoms with van der Waals surface area (Å²) in [6, 6.07) is 7.78. The average molecular weight is 421 g/mol. The lowest BCUT2D eigenvalue weighted by atomic mass is 10.0. The maximum absolute atomic E-state index is 12.0. The summed E-state index contributed by atoms with van der Waals surface area (Å²) >= 11 is 0. The van der Waals surface area contributed by atoms with Crippen LogP contribution in [0.3, 0.4) is 0 Å². The Morgan fingerprint density at radius 1 is 1.00 bits per heavy atom. The summed E-state index contributed by atoms with van der Waals surface area (Å²) in [6.45, 7) is 9.72. The third-order valence-corrected chi connectivity index (χ3v) is 5.47. The Morgan fingerprint density at radius 3 is 2.17 bits per heavy atom. The zero-order chi connectivity index (χ0) is 21.4. The van der Waals surface area contributed by atoms with E-state index < -0.39 is 12.0 Å². The third kappa shape index (κ3) is 9.89. The number of unbranched alkanes of at least 4 members (excludes halogenated alkanes) is 1. The van der Waals surface area contributed by atoms with Crippen molar-refractivity contribution in [1.29, 1.82) is 0 Å². The van der Waals surface area contributed by atoms with E-state index in [-0.39, 0.29) is 0 Å². The number of rotatable bonds is 10. The maximum Gasteiger partial charge on any atom is 0.320 e. The summed E-state index contributed by atoms with van der Waals surface area (Å²) in [5, 5.41) is 20.0. The molecule has 0 aromatic heterocycles. The largest absolute Gasteiger partial charge is 0.494 e. The predicted octanol–water partition coefficient (Wildman–Crippen LogP) is 1.73. The number of aryl methyl sites for hydroxylation is 1. The minimum atomic E-state index is -0.719. The molecule has 1 aliphatic heterocycles. The molecule has 2 rings (SSSR count). The molecule has 1 aliphatic rings. The number of hydrogen-bond acceptors (Lipinski definition) is 6. The molecule has 7 nitrogen and oxygen atoms in total. The Balaban J connectivity index is 1.82. The first-order valence-electron chi connectivity index (χ1n) is 11.5. The summed E-state index contributed by atoms with van der Waals surface area (Å²) in [5.74, 6) is 0.188. The summed E-state index contributed by atoms with van der Waals surface area (Å²) < 4.78 is 5.71. The van der Waals surface area contributed by atoms with Gasteiger partial charge in [-0.05, 0) is 43.4 Å². The van der Waals surface area contributed by atoms with Crippen LogP contribution in [0.15, 0.2) is 24.3 Å². The highest BCUT2D eigenvalue weighted by atomic mass is 16.5. The molecule has 170 valence electrons. The van der Waals surface area contributed by atoms with Gasteiger partial charge in [-0.3, -0.25) is 9.69 Å². The van der Waals surface area contributed by atoms with Gasteiger partial charge in [0, 0.05) is 52.4 Å². The number of carbonyl (C=O) groups is 1. The minimum Gasteiger partial charge on any atom is -0.494 e. The molecule has 0 saturated carbocycles. The van der Waals surface area contributed by atoms with Gasteiger partial charge in [-0.1, -0.05) is 25.5 Å². The highest BCUT2D eigenvalue weighted by Crippen LogP contribution is 2.16. The van der Waals surface area contributed by atoms with E-state index in [0.29, 0.717) is 6.42 Å². The molecule has 1 heterocycles. The van der Waals surface area contributed by atoms with Gasteiger partial charge in [0.05, 0.1) is 6.61 Å². The topological polar surface area (TPSA) is 85.9 Å². The Bertz CT molecular complexity index is 570. The molecule has 7 heteroatoms. The number of aliphatic carboxylic acids is 1. The molecule has 0 radical (unpaired) electrons. The molecule has 1 atom stereocenters. The van der Waals surface area contributed by atoms with Crippen molar-refractivity contribution in [1.82, 2.24) is 20.9 Å². The normalized spacial score (nSPS) is 18.2. The van der Waals surface area contributed by atoms with E-state index in [4.69, 9.17) is 4.74 Å². The van der Waals surface area contributed by atoms with E-state index in [0.717, 1.165) is 90.4 Å². The first-order valence-corrected chi connectivity index (χ1v) is 11.5. The standard InChI is InChI=1S/C23H40N4O3/c1-2-3-19-30-21-9-7-20(8-10-21)5-4-6-22(23(28)29)27-17-15-25-13-11-24-12-14-26-16-18-27/h7-10,22,24-26H,2-6,11-19H2,1H3,(H,28,29)/t22-/m0/s1. The second kappa shape index (κ2) is 15.2. The van der Waals surface area contributed by atoms with E-state index in [9.17, 15) is 9.90 Å². The van der Waals surface area contributed by atoms with Crippen LogP contribution in [0.25, 0.3) is 0 Å². The molecule has 0 bridgehead atoms. The second-order valence-electron chi connectivity index (χ2n) is 7.88. The van der Waals surface area contributed by atoms with Crippen LogP contribution in [-0.4, -0.2) is 81.0 Å². The maximum atomic E-state index is 12.0. The fraction of sp³-hybridized carbons (Fsp3) is 0.696. The number of benzene rings is 1. The lowest BCUT2D eigenvalue weighted by Gasteiger charge is -2.29. The van der Waals surface area contributed by atoms with Gasteiger partial charge < -0.3 is 25.8 Å². The number of nitrogens with zero attached hydrogens (tertiary/aromatic N) is 1. The lowest BCUT2D eigenvalue weighted by Crippen LogP contribution is -2.48. The van der Waals surface area contributed by atoms with Gasteiger partial charge in [0.1, 0.15) is 11.8 Å². The van der Waals surface area contributed by atoms with Crippen molar-refractivity contribution in [3.8, 4) is 5.75 Å². The zero-order valence-electron chi connectivity index (χ0n) is 18.5. The Morgan fingerprint density at radius 2 is 1.60 bits per heavy atom. The molecule has 1 aromatic rings. The van der Waals surface area contributed by atoms with Gasteiger partial charge in [-0.2, -0.15) is 0 Å². The molecule has 30 heavy (non-hydrogen) atoms. The zero-order valence-corrected chi connectivity index (χ0v) is 18.5. The lowest BCUT2D eigenvalue weighted by molar-refractivity contribution is -0.143. The average Bonchev–Trinajstić information content (AvgIpc) is 2.73. The monoisotopic (exact) mass is 420 g/mol. The van der Waals surface area contributed by atoms with Crippen LogP contribution in [0.5, 0.6) is 5.75 Å². The first-order chi connectivity index (χ1) is 14.7. The van der Waals surface area contributed by atoms with Gasteiger partial charge in [-0.15, -0.1) is 0 Å². The van der Waals surface area contributed by atoms with Crippen molar-refractivity contribution in [2.75, 3.05) is 59.0 Å². The molecule has 1 saturated heterocycles. The van der Waals surface area contributed by atoms with Crippen molar-refractivity contribution in [3.63, 3.8) is 0 Å². The van der Waals surface area contributed by atoms with E-state index in [1.165, 1.54) is 5.56 Å². The highest BCUT2D eigenvalue weighted by molar-refractivity contribution is 5.73. The van der Waals surface area contributed by atoms with E-state index in [1.807, 2.05) is 12.1 Å². The van der Waals surface area contributed by atoms with E-state index in [1.54, 1.807) is 0 Å². The molecule has 1 aromatic carbocycles. The first kappa shape index (κ1) is 24.6. The molecule has 0 amide bonds. The number of ether oxygens (including phenoxy) is 1. The van der Waals surface area contributed by atoms with Crippen LogP contribution in [0.4, 0.5) is 0 Å². The van der Waals surface area contributed by atoms with Crippen LogP contribution >= 0.6 is 0 Å². The van der Waals surface area contributed by atoms with Crippen molar-refractivity contribution in [2.45, 2.75) is 45.1 Å². The second-order valence-corrected chi connectivity index (χ2v) is 7.88. The minimum absolute atomic E-state index is 0.439. The van der Waals surface area contributed by atoms with Crippen molar-refractivity contribution in [2.24, 2.45) is 0 Å². The summed E-state index contributed by atoms with van der Waals surface area (Å²) in [5.41, 5.74) is 1.23. The number of nitrogens with one attached hydrogen (secondary N) is 3. The van der Waals surface area contributed by atoms with Gasteiger partial charge in [0.2, 0.25) is 0 Å². The van der Waals surface area contributed by atoms with Crippen molar-refractivity contribution in [3.05, 3.63) is 29.8 Å². The molecule has 0 unspecified atom stereocenters. The molecule has 0 spiro atoms. The quantitative estimate of drug-likeness (QED) is 0.429. The van der Waals surface area contributed by atoms with Crippen molar-refractivity contribution >= 4 is 5.97 Å². The Labute approximate surface area is 181 Å². The van der Waals surface area contributed by atoms with Gasteiger partial charge in [0.25, 0.3) is 0 Å². The van der Waals surface area contributed by atoms with Gasteiger partial charge >= 0.3 is 5.97 Å². The molecular formula is C23H40N4O3. The van der Waals surface area contributed by atoms with Crippen LogP contribution in [0.1, 0.15) is 38.2 Å². The highest BCUT2D eigenvalue weighted by Gasteiger charge is 2.24. The molecule has 1 fully saturated rings. The third-order valence-electron chi connectivity index (χ3n) is 5.47. The van der Waals surface area contributed by atoms with Crippen molar-refractivity contribution < 1.29 is 14.6 Å². The molecule has 4 N–H and O–H groups in total.